The minimum absolute atomic E-state index is 0.750. The topological polar surface area (TPSA) is 132 Å². The van der Waals surface area contributed by atoms with Crippen molar-refractivity contribution >= 4 is 12.2 Å². The molecule has 0 aromatic carbocycles. The predicted octanol–water partition coefficient (Wildman–Crippen LogP) is -0.0561. The zero-order valence-corrected chi connectivity index (χ0v) is 4.12. The van der Waals surface area contributed by atoms with Crippen molar-refractivity contribution in [2.75, 3.05) is 0 Å². The van der Waals surface area contributed by atoms with Crippen molar-refractivity contribution in [3.8, 4) is 0 Å². The second-order valence-corrected chi connectivity index (χ2v) is 0.286. The fraction of sp³-hybridized carbons (Fsp3) is 0. The SMILES string of the molecule is N=C=O.N=C=O.O=NO. The van der Waals surface area contributed by atoms with Crippen molar-refractivity contribution in [3.63, 3.8) is 0 Å². The van der Waals surface area contributed by atoms with Crippen molar-refractivity contribution < 1.29 is 14.8 Å². The molecule has 3 N–H and O–H groups in total. The molecule has 0 heterocycles. The van der Waals surface area contributed by atoms with Gasteiger partial charge in [0.2, 0.25) is 12.2 Å². The minimum atomic E-state index is 0.750. The monoisotopic (exact) mass is 133 g/mol. The first-order valence-electron chi connectivity index (χ1n) is 1.29. The summed E-state index contributed by atoms with van der Waals surface area (Å²) in [5, 5.41) is 18.7. The first-order chi connectivity index (χ1) is 4.24. The van der Waals surface area contributed by atoms with E-state index in [2.05, 4.69) is 0 Å². The van der Waals surface area contributed by atoms with Crippen LogP contribution in [-0.2, 0) is 9.59 Å². The van der Waals surface area contributed by atoms with Crippen molar-refractivity contribution in [2.45, 2.75) is 0 Å². The van der Waals surface area contributed by atoms with Crippen molar-refractivity contribution in [1.29, 1.82) is 10.8 Å². The Morgan fingerprint density at radius 2 is 1.22 bits per heavy atom. The van der Waals surface area contributed by atoms with Gasteiger partial charge >= 0.3 is 0 Å². The molecule has 0 rings (SSSR count). The van der Waals surface area contributed by atoms with Gasteiger partial charge in [-0.05, 0) is 0 Å². The van der Waals surface area contributed by atoms with Crippen molar-refractivity contribution in [2.24, 2.45) is 5.34 Å². The third-order valence-corrected chi connectivity index (χ3v) is 0. The van der Waals surface area contributed by atoms with Crippen LogP contribution in [0.15, 0.2) is 5.34 Å². The molecule has 9 heavy (non-hydrogen) atoms. The number of rotatable bonds is 0. The van der Waals surface area contributed by atoms with Gasteiger partial charge in [0.05, 0.1) is 0 Å². The van der Waals surface area contributed by atoms with E-state index >= 15 is 0 Å². The van der Waals surface area contributed by atoms with Gasteiger partial charge in [-0.25, -0.2) is 20.4 Å². The van der Waals surface area contributed by atoms with E-state index in [1.807, 2.05) is 0 Å². The number of nitrogens with zero attached hydrogens (tertiary/aromatic N) is 1. The molecule has 0 fully saturated rings. The summed E-state index contributed by atoms with van der Waals surface area (Å²) in [5.74, 6) is 0. The quantitative estimate of drug-likeness (QED) is 0.185. The van der Waals surface area contributed by atoms with Gasteiger partial charge in [-0.1, -0.05) is 0 Å². The maximum Gasteiger partial charge on any atom is 0.231 e. The number of carbonyl (C=O) groups excluding carboxylic acids is 2. The summed E-state index contributed by atoms with van der Waals surface area (Å²) in [4.78, 5) is 24.8. The molecule has 0 aromatic heterocycles. The highest BCUT2D eigenvalue weighted by molar-refractivity contribution is 5.26. The largest absolute Gasteiger partial charge is 0.379 e. The summed E-state index contributed by atoms with van der Waals surface area (Å²) >= 11 is 0. The summed E-state index contributed by atoms with van der Waals surface area (Å²) in [5.41, 5.74) is 0. The number of nitrogens with one attached hydrogen (secondary N) is 2. The lowest BCUT2D eigenvalue weighted by Gasteiger charge is -1.32. The van der Waals surface area contributed by atoms with E-state index in [0.29, 0.717) is 0 Å². The maximum atomic E-state index is 8.35. The van der Waals surface area contributed by atoms with Gasteiger partial charge in [-0.15, -0.1) is 4.91 Å². The van der Waals surface area contributed by atoms with Crippen LogP contribution in [0.5, 0.6) is 0 Å². The molecule has 0 unspecified atom stereocenters. The molecule has 0 aliphatic carbocycles. The van der Waals surface area contributed by atoms with E-state index < -0.39 is 0 Å². The zero-order chi connectivity index (χ0) is 8.12. The third-order valence-electron chi connectivity index (χ3n) is 0. The van der Waals surface area contributed by atoms with E-state index in [9.17, 15) is 0 Å². The lowest BCUT2D eigenvalue weighted by molar-refractivity contribution is 0.312. The van der Waals surface area contributed by atoms with Crippen LogP contribution >= 0.6 is 0 Å². The van der Waals surface area contributed by atoms with Crippen LogP contribution in [0, 0.1) is 15.7 Å². The number of hydrogen-bond donors (Lipinski definition) is 3. The molecule has 0 bridgehead atoms. The molecule has 0 spiro atoms. The Morgan fingerprint density at radius 3 is 1.22 bits per heavy atom. The molecule has 0 aromatic rings. The standard InChI is InChI=1S/2CHNO.HNO2/c3*2-1-3/h2*2H;(H,2,3). The Kier molecular flexibility index (Phi) is 213. The Bertz CT molecular complexity index is 97.0. The van der Waals surface area contributed by atoms with E-state index in [1.165, 1.54) is 5.34 Å². The van der Waals surface area contributed by atoms with E-state index in [1.54, 1.807) is 0 Å². The predicted molar refractivity (Wildman–Crippen MR) is 24.4 cm³/mol. The van der Waals surface area contributed by atoms with Crippen molar-refractivity contribution in [1.82, 2.24) is 0 Å². The summed E-state index contributed by atoms with van der Waals surface area (Å²) in [6, 6.07) is 0. The molecule has 0 aliphatic rings. The molecule has 0 amide bonds. The lowest BCUT2D eigenvalue weighted by Crippen LogP contribution is -1.25. The van der Waals surface area contributed by atoms with Crippen LogP contribution in [0.4, 0.5) is 0 Å². The normalized spacial score (nSPS) is 3.11. The van der Waals surface area contributed by atoms with Gasteiger partial charge in [-0.3, -0.25) is 0 Å². The lowest BCUT2D eigenvalue weighted by atomic mass is 11.7. The second kappa shape index (κ2) is 122. The third kappa shape index (κ3) is 31.5. The van der Waals surface area contributed by atoms with Crippen LogP contribution in [0.2, 0.25) is 0 Å². The van der Waals surface area contributed by atoms with Gasteiger partial charge in [-0.2, -0.15) is 0 Å². The van der Waals surface area contributed by atoms with E-state index in [0.717, 1.165) is 12.2 Å². The van der Waals surface area contributed by atoms with Gasteiger partial charge in [0.1, 0.15) is 0 Å². The van der Waals surface area contributed by atoms with E-state index in [4.69, 9.17) is 30.5 Å². The first kappa shape index (κ1) is 15.7. The Labute approximate surface area is 49.3 Å². The Hall–Kier alpha value is -1.84. The first-order valence-corrected chi connectivity index (χ1v) is 1.29. The molecular formula is C2H3N3O4. The minimum Gasteiger partial charge on any atom is -0.379 e. The molecule has 0 atom stereocenters. The Morgan fingerprint density at radius 1 is 1.22 bits per heavy atom. The smallest absolute Gasteiger partial charge is 0.231 e. The van der Waals surface area contributed by atoms with Gasteiger partial charge in [0.25, 0.3) is 0 Å². The molecule has 7 heteroatoms. The second-order valence-electron chi connectivity index (χ2n) is 0.286. The number of isocyanates is 2. The average molecular weight is 133 g/mol. The fourth-order valence-electron chi connectivity index (χ4n) is 0. The van der Waals surface area contributed by atoms with Crippen LogP contribution in [0.3, 0.4) is 0 Å². The molecule has 0 aliphatic heterocycles. The molecule has 7 nitrogen and oxygen atoms in total. The van der Waals surface area contributed by atoms with Crippen LogP contribution in [-0.4, -0.2) is 17.4 Å². The van der Waals surface area contributed by atoms with Gasteiger partial charge in [0, 0.05) is 0 Å². The molecule has 0 radical (unpaired) electrons. The van der Waals surface area contributed by atoms with Gasteiger partial charge < -0.3 is 5.21 Å². The fourth-order valence-corrected chi connectivity index (χ4v) is 0. The van der Waals surface area contributed by atoms with Crippen LogP contribution in [0.25, 0.3) is 0 Å². The number of hydrogen-bond acceptors (Lipinski definition) is 6. The zero-order valence-electron chi connectivity index (χ0n) is 4.12. The summed E-state index contributed by atoms with van der Waals surface area (Å²) in [6.07, 6.45) is 1.50. The molecule has 50 valence electrons. The summed E-state index contributed by atoms with van der Waals surface area (Å²) in [7, 11) is 0. The molecular weight excluding hydrogens is 130 g/mol. The highest BCUT2D eigenvalue weighted by Gasteiger charge is 1.18. The van der Waals surface area contributed by atoms with Gasteiger partial charge in [0.15, 0.2) is 5.34 Å². The molecule has 0 saturated carbocycles. The van der Waals surface area contributed by atoms with Crippen LogP contribution < -0.4 is 0 Å². The summed E-state index contributed by atoms with van der Waals surface area (Å²) in [6.45, 7) is 0. The summed E-state index contributed by atoms with van der Waals surface area (Å²) < 4.78 is 0. The highest BCUT2D eigenvalue weighted by atomic mass is 16.6. The van der Waals surface area contributed by atoms with Crippen LogP contribution in [0.1, 0.15) is 0 Å². The maximum absolute atomic E-state index is 8.35. The van der Waals surface area contributed by atoms with E-state index in [-0.39, 0.29) is 0 Å². The average Bonchev–Trinajstić information content (AvgIpc) is 1.70. The highest BCUT2D eigenvalue weighted by Crippen LogP contribution is 1.25. The molecule has 0 saturated heterocycles. The Balaban J connectivity index is -0.0000000600. The van der Waals surface area contributed by atoms with Crippen molar-refractivity contribution in [3.05, 3.63) is 4.91 Å².